The first-order valence-corrected chi connectivity index (χ1v) is 8.77. The van der Waals surface area contributed by atoms with Crippen LogP contribution >= 0.6 is 23.1 Å². The summed E-state index contributed by atoms with van der Waals surface area (Å²) in [6, 6.07) is 12.3. The molecule has 1 aliphatic heterocycles. The lowest BCUT2D eigenvalue weighted by atomic mass is 10.2. The minimum absolute atomic E-state index is 0.315. The first-order valence-electron chi connectivity index (χ1n) is 7.08. The number of nitrogens with one attached hydrogen (secondary N) is 1. The van der Waals surface area contributed by atoms with Gasteiger partial charge in [0.2, 0.25) is 0 Å². The van der Waals surface area contributed by atoms with Gasteiger partial charge in [0.1, 0.15) is 5.01 Å². The molecule has 0 fully saturated rings. The molecule has 0 saturated carbocycles. The van der Waals surface area contributed by atoms with Crippen LogP contribution in [0.3, 0.4) is 0 Å². The summed E-state index contributed by atoms with van der Waals surface area (Å²) in [5.41, 5.74) is 2.29. The molecule has 110 valence electrons. The molecule has 0 radical (unpaired) electrons. The van der Waals surface area contributed by atoms with Gasteiger partial charge < -0.3 is 5.32 Å². The zero-order valence-corrected chi connectivity index (χ0v) is 13.4. The van der Waals surface area contributed by atoms with Gasteiger partial charge in [-0.2, -0.15) is 0 Å². The van der Waals surface area contributed by atoms with Crippen LogP contribution in [0.2, 0.25) is 0 Å². The molecule has 3 aromatic rings. The summed E-state index contributed by atoms with van der Waals surface area (Å²) < 4.78 is 1.14. The first-order chi connectivity index (χ1) is 10.9. The standard InChI is InChI=1S/C16H14N4S2/c1-2-4-11(5-3-1)8-18-16-19-10-14(22-16)15-20-12-6-7-17-9-13(12)21-15/h1-7,9,14H,8,10H2,(H,18,19). The summed E-state index contributed by atoms with van der Waals surface area (Å²) in [7, 11) is 0. The molecule has 0 saturated heterocycles. The Morgan fingerprint density at radius 3 is 2.95 bits per heavy atom. The minimum atomic E-state index is 0.315. The van der Waals surface area contributed by atoms with Crippen molar-refractivity contribution in [1.29, 1.82) is 0 Å². The highest BCUT2D eigenvalue weighted by Gasteiger charge is 2.24. The molecule has 1 unspecified atom stereocenters. The smallest absolute Gasteiger partial charge is 0.157 e. The van der Waals surface area contributed by atoms with Crippen molar-refractivity contribution in [2.24, 2.45) is 4.99 Å². The Morgan fingerprint density at radius 1 is 1.18 bits per heavy atom. The highest BCUT2D eigenvalue weighted by atomic mass is 32.2. The number of benzene rings is 1. The van der Waals surface area contributed by atoms with Gasteiger partial charge in [-0.3, -0.25) is 9.98 Å². The molecule has 4 nitrogen and oxygen atoms in total. The van der Waals surface area contributed by atoms with Crippen molar-refractivity contribution in [3.8, 4) is 0 Å². The quantitative estimate of drug-likeness (QED) is 0.798. The fourth-order valence-corrected chi connectivity index (χ4v) is 4.38. The lowest BCUT2D eigenvalue weighted by Gasteiger charge is -2.06. The van der Waals surface area contributed by atoms with Crippen molar-refractivity contribution in [3.05, 3.63) is 59.4 Å². The Morgan fingerprint density at radius 2 is 2.09 bits per heavy atom. The first kappa shape index (κ1) is 13.7. The zero-order valence-electron chi connectivity index (χ0n) is 11.8. The summed E-state index contributed by atoms with van der Waals surface area (Å²) in [5.74, 6) is 0. The average molecular weight is 326 g/mol. The topological polar surface area (TPSA) is 50.2 Å². The van der Waals surface area contributed by atoms with Gasteiger partial charge in [0.05, 0.1) is 22.0 Å². The Kier molecular flexibility index (Phi) is 3.78. The SMILES string of the molecule is c1ccc(CNC2=NCC(c3nc4ccncc4s3)S2)cc1. The van der Waals surface area contributed by atoms with E-state index in [-0.39, 0.29) is 0 Å². The van der Waals surface area contributed by atoms with Crippen LogP contribution in [0.5, 0.6) is 0 Å². The van der Waals surface area contributed by atoms with Crippen LogP contribution < -0.4 is 5.32 Å². The number of hydrogen-bond donors (Lipinski definition) is 1. The van der Waals surface area contributed by atoms with E-state index in [1.165, 1.54) is 5.56 Å². The summed E-state index contributed by atoms with van der Waals surface area (Å²) in [4.78, 5) is 13.5. The fourth-order valence-electron chi connectivity index (χ4n) is 2.31. The molecule has 0 spiro atoms. The third-order valence-electron chi connectivity index (χ3n) is 3.42. The van der Waals surface area contributed by atoms with Crippen molar-refractivity contribution in [1.82, 2.24) is 15.3 Å². The predicted octanol–water partition coefficient (Wildman–Crippen LogP) is 3.63. The number of thioether (sulfide) groups is 1. The van der Waals surface area contributed by atoms with Gasteiger partial charge in [-0.1, -0.05) is 42.1 Å². The van der Waals surface area contributed by atoms with Gasteiger partial charge in [-0.25, -0.2) is 4.98 Å². The Hall–Kier alpha value is -1.92. The normalized spacial score (nSPS) is 17.6. The van der Waals surface area contributed by atoms with Crippen molar-refractivity contribution in [3.63, 3.8) is 0 Å². The van der Waals surface area contributed by atoms with E-state index in [0.717, 1.165) is 33.5 Å². The van der Waals surface area contributed by atoms with Crippen molar-refractivity contribution in [2.45, 2.75) is 11.8 Å². The number of hydrogen-bond acceptors (Lipinski definition) is 6. The Balaban J connectivity index is 1.41. The van der Waals surface area contributed by atoms with E-state index in [4.69, 9.17) is 4.98 Å². The predicted molar refractivity (Wildman–Crippen MR) is 93.3 cm³/mol. The van der Waals surface area contributed by atoms with Crippen LogP contribution in [0.15, 0.2) is 53.8 Å². The number of fused-ring (bicyclic) bond motifs is 1. The van der Waals surface area contributed by atoms with E-state index in [1.807, 2.05) is 18.3 Å². The second-order valence-electron chi connectivity index (χ2n) is 4.99. The molecule has 22 heavy (non-hydrogen) atoms. The summed E-state index contributed by atoms with van der Waals surface area (Å²) in [5, 5.41) is 5.86. The van der Waals surface area contributed by atoms with Crippen molar-refractivity contribution in [2.75, 3.05) is 6.54 Å². The molecule has 1 N–H and O–H groups in total. The van der Waals surface area contributed by atoms with E-state index in [1.54, 1.807) is 29.3 Å². The number of pyridine rings is 1. The van der Waals surface area contributed by atoms with E-state index < -0.39 is 0 Å². The van der Waals surface area contributed by atoms with E-state index in [0.29, 0.717) is 5.25 Å². The van der Waals surface area contributed by atoms with Gasteiger partial charge in [-0.15, -0.1) is 11.3 Å². The average Bonchev–Trinajstić information content (AvgIpc) is 3.20. The molecular formula is C16H14N4S2. The molecule has 0 bridgehead atoms. The molecule has 0 amide bonds. The molecule has 3 heterocycles. The van der Waals surface area contributed by atoms with Crippen LogP contribution in [0.1, 0.15) is 15.8 Å². The van der Waals surface area contributed by atoms with Crippen LogP contribution in [-0.4, -0.2) is 21.7 Å². The number of aromatic nitrogens is 2. The molecule has 1 atom stereocenters. The number of thiazole rings is 1. The molecule has 2 aromatic heterocycles. The summed E-state index contributed by atoms with van der Waals surface area (Å²) in [6.45, 7) is 1.60. The van der Waals surface area contributed by atoms with Crippen LogP contribution in [0, 0.1) is 0 Å². The second-order valence-corrected chi connectivity index (χ2v) is 7.24. The van der Waals surface area contributed by atoms with Gasteiger partial charge in [-0.05, 0) is 11.6 Å². The molecular weight excluding hydrogens is 312 g/mol. The monoisotopic (exact) mass is 326 g/mol. The van der Waals surface area contributed by atoms with E-state index in [2.05, 4.69) is 39.6 Å². The molecule has 6 heteroatoms. The van der Waals surface area contributed by atoms with Gasteiger partial charge in [0, 0.05) is 18.9 Å². The lowest BCUT2D eigenvalue weighted by molar-refractivity contribution is 0.909. The third-order valence-corrected chi connectivity index (χ3v) is 5.85. The maximum atomic E-state index is 4.70. The third kappa shape index (κ3) is 2.84. The van der Waals surface area contributed by atoms with Crippen LogP contribution in [0.4, 0.5) is 0 Å². The molecule has 1 aliphatic rings. The number of aliphatic imine (C=N–C) groups is 1. The second kappa shape index (κ2) is 6.06. The van der Waals surface area contributed by atoms with Gasteiger partial charge in [0.25, 0.3) is 0 Å². The summed E-state index contributed by atoms with van der Waals surface area (Å²) in [6.07, 6.45) is 3.67. The molecule has 0 aliphatic carbocycles. The van der Waals surface area contributed by atoms with Gasteiger partial charge in [0.15, 0.2) is 5.17 Å². The maximum absolute atomic E-state index is 4.70. The zero-order chi connectivity index (χ0) is 14.8. The largest absolute Gasteiger partial charge is 0.361 e. The highest BCUT2D eigenvalue weighted by molar-refractivity contribution is 8.14. The van der Waals surface area contributed by atoms with Crippen LogP contribution in [-0.2, 0) is 6.54 Å². The molecule has 4 rings (SSSR count). The lowest BCUT2D eigenvalue weighted by Crippen LogP contribution is -2.18. The maximum Gasteiger partial charge on any atom is 0.157 e. The minimum Gasteiger partial charge on any atom is -0.361 e. The number of amidine groups is 1. The fraction of sp³-hybridized carbons (Fsp3) is 0.188. The van der Waals surface area contributed by atoms with Crippen molar-refractivity contribution < 1.29 is 0 Å². The number of nitrogens with zero attached hydrogens (tertiary/aromatic N) is 3. The van der Waals surface area contributed by atoms with Crippen LogP contribution in [0.25, 0.3) is 10.2 Å². The Bertz CT molecular complexity index is 780. The summed E-state index contributed by atoms with van der Waals surface area (Å²) >= 11 is 3.48. The molecule has 1 aromatic carbocycles. The van der Waals surface area contributed by atoms with Crippen molar-refractivity contribution >= 4 is 38.5 Å². The highest BCUT2D eigenvalue weighted by Crippen LogP contribution is 2.38. The van der Waals surface area contributed by atoms with E-state index in [9.17, 15) is 0 Å². The Labute approximate surface area is 136 Å². The van der Waals surface area contributed by atoms with Gasteiger partial charge >= 0.3 is 0 Å². The number of rotatable bonds is 3. The van der Waals surface area contributed by atoms with E-state index >= 15 is 0 Å².